The van der Waals surface area contributed by atoms with Crippen LogP contribution in [-0.2, 0) is 6.54 Å². The fourth-order valence-corrected chi connectivity index (χ4v) is 1.99. The molecule has 2 heterocycles. The van der Waals surface area contributed by atoms with Gasteiger partial charge >= 0.3 is 0 Å². The Bertz CT molecular complexity index is 331. The van der Waals surface area contributed by atoms with E-state index in [9.17, 15) is 0 Å². The molecule has 0 aromatic carbocycles. The Morgan fingerprint density at radius 2 is 2.00 bits per heavy atom. The van der Waals surface area contributed by atoms with Gasteiger partial charge in [0.05, 0.1) is 6.54 Å². The molecule has 82 valence electrons. The Balaban J connectivity index is 2.22. The van der Waals surface area contributed by atoms with Crippen molar-refractivity contribution in [3.8, 4) is 0 Å². The zero-order valence-electron chi connectivity index (χ0n) is 9.24. The van der Waals surface area contributed by atoms with Crippen LogP contribution in [0.5, 0.6) is 0 Å². The molecule has 2 N–H and O–H groups in total. The number of aryl methyl sites for hydroxylation is 1. The van der Waals surface area contributed by atoms with Gasteiger partial charge in [0.25, 0.3) is 0 Å². The van der Waals surface area contributed by atoms with E-state index in [4.69, 9.17) is 5.73 Å². The molecular formula is C11H18N4. The normalized spacial score (nSPS) is 16.8. The van der Waals surface area contributed by atoms with Gasteiger partial charge in [-0.25, -0.2) is 9.97 Å². The molecule has 15 heavy (non-hydrogen) atoms. The van der Waals surface area contributed by atoms with Crippen LogP contribution >= 0.6 is 0 Å². The molecule has 1 aromatic heterocycles. The fraction of sp³-hybridized carbons (Fsp3) is 0.636. The Labute approximate surface area is 90.5 Å². The average Bonchev–Trinajstić information content (AvgIpc) is 2.29. The molecular weight excluding hydrogens is 188 g/mol. The summed E-state index contributed by atoms with van der Waals surface area (Å²) >= 11 is 0. The van der Waals surface area contributed by atoms with Crippen molar-refractivity contribution in [2.24, 2.45) is 5.73 Å². The van der Waals surface area contributed by atoms with E-state index in [0.29, 0.717) is 6.54 Å². The van der Waals surface area contributed by atoms with Gasteiger partial charge in [-0.3, -0.25) is 0 Å². The Morgan fingerprint density at radius 3 is 2.67 bits per heavy atom. The topological polar surface area (TPSA) is 55.0 Å². The molecule has 2 rings (SSSR count). The van der Waals surface area contributed by atoms with Gasteiger partial charge in [-0.1, -0.05) is 0 Å². The third kappa shape index (κ3) is 2.45. The molecule has 0 unspecified atom stereocenters. The van der Waals surface area contributed by atoms with Crippen molar-refractivity contribution in [1.82, 2.24) is 9.97 Å². The van der Waals surface area contributed by atoms with E-state index in [0.717, 1.165) is 30.4 Å². The number of piperidine rings is 1. The largest absolute Gasteiger partial charge is 0.357 e. The van der Waals surface area contributed by atoms with Crippen molar-refractivity contribution in [2.45, 2.75) is 32.7 Å². The second-order valence-corrected chi connectivity index (χ2v) is 4.04. The SMILES string of the molecule is Cc1cc(N2CCCCC2)nc(CN)n1. The number of hydrogen-bond donors (Lipinski definition) is 1. The summed E-state index contributed by atoms with van der Waals surface area (Å²) in [6.07, 6.45) is 3.87. The van der Waals surface area contributed by atoms with Crippen LogP contribution in [-0.4, -0.2) is 23.1 Å². The highest BCUT2D eigenvalue weighted by Gasteiger charge is 2.13. The van der Waals surface area contributed by atoms with Gasteiger partial charge in [-0.2, -0.15) is 0 Å². The molecule has 1 saturated heterocycles. The molecule has 0 radical (unpaired) electrons. The highest BCUT2D eigenvalue weighted by molar-refractivity contribution is 5.40. The van der Waals surface area contributed by atoms with Crippen LogP contribution in [0.4, 0.5) is 5.82 Å². The molecule has 0 atom stereocenters. The molecule has 4 heteroatoms. The molecule has 0 amide bonds. The lowest BCUT2D eigenvalue weighted by Gasteiger charge is -2.28. The van der Waals surface area contributed by atoms with Crippen LogP contribution in [0.25, 0.3) is 0 Å². The minimum absolute atomic E-state index is 0.419. The van der Waals surface area contributed by atoms with Crippen LogP contribution in [0, 0.1) is 6.92 Å². The van der Waals surface area contributed by atoms with Crippen molar-refractivity contribution in [2.75, 3.05) is 18.0 Å². The molecule has 1 aliphatic rings. The smallest absolute Gasteiger partial charge is 0.144 e. The predicted molar refractivity (Wildman–Crippen MR) is 60.7 cm³/mol. The van der Waals surface area contributed by atoms with E-state index < -0.39 is 0 Å². The summed E-state index contributed by atoms with van der Waals surface area (Å²) in [4.78, 5) is 11.1. The van der Waals surface area contributed by atoms with Gasteiger partial charge < -0.3 is 10.6 Å². The lowest BCUT2D eigenvalue weighted by atomic mass is 10.1. The summed E-state index contributed by atoms with van der Waals surface area (Å²) in [6.45, 7) is 4.64. The van der Waals surface area contributed by atoms with Crippen molar-refractivity contribution in [3.05, 3.63) is 17.6 Å². The molecule has 1 fully saturated rings. The summed E-state index contributed by atoms with van der Waals surface area (Å²) in [7, 11) is 0. The lowest BCUT2D eigenvalue weighted by molar-refractivity contribution is 0.571. The number of nitrogens with two attached hydrogens (primary N) is 1. The zero-order chi connectivity index (χ0) is 10.7. The van der Waals surface area contributed by atoms with Gasteiger partial charge in [-0.05, 0) is 26.2 Å². The van der Waals surface area contributed by atoms with E-state index in [1.807, 2.05) is 13.0 Å². The Kier molecular flexibility index (Phi) is 3.16. The van der Waals surface area contributed by atoms with Gasteiger partial charge in [0.15, 0.2) is 0 Å². The summed E-state index contributed by atoms with van der Waals surface area (Å²) in [6, 6.07) is 2.05. The summed E-state index contributed by atoms with van der Waals surface area (Å²) in [5, 5.41) is 0. The van der Waals surface area contributed by atoms with Gasteiger partial charge in [0.2, 0.25) is 0 Å². The van der Waals surface area contributed by atoms with Crippen LogP contribution in [0.15, 0.2) is 6.07 Å². The highest BCUT2D eigenvalue weighted by atomic mass is 15.2. The summed E-state index contributed by atoms with van der Waals surface area (Å²) < 4.78 is 0. The lowest BCUT2D eigenvalue weighted by Crippen LogP contribution is -2.30. The summed E-state index contributed by atoms with van der Waals surface area (Å²) in [5.74, 6) is 1.79. The maximum absolute atomic E-state index is 5.57. The first kappa shape index (κ1) is 10.4. The second-order valence-electron chi connectivity index (χ2n) is 4.04. The van der Waals surface area contributed by atoms with Gasteiger partial charge in [0, 0.05) is 24.8 Å². The number of rotatable bonds is 2. The van der Waals surface area contributed by atoms with E-state index in [2.05, 4.69) is 14.9 Å². The van der Waals surface area contributed by atoms with Crippen LogP contribution in [0.2, 0.25) is 0 Å². The predicted octanol–water partition coefficient (Wildman–Crippen LogP) is 1.23. The van der Waals surface area contributed by atoms with E-state index in [-0.39, 0.29) is 0 Å². The van der Waals surface area contributed by atoms with Gasteiger partial charge in [0.1, 0.15) is 11.6 Å². The van der Waals surface area contributed by atoms with Crippen LogP contribution < -0.4 is 10.6 Å². The first-order chi connectivity index (χ1) is 7.29. The highest BCUT2D eigenvalue weighted by Crippen LogP contribution is 2.18. The number of anilines is 1. The van der Waals surface area contributed by atoms with E-state index >= 15 is 0 Å². The Hall–Kier alpha value is -1.16. The number of aromatic nitrogens is 2. The third-order valence-electron chi connectivity index (χ3n) is 2.75. The van der Waals surface area contributed by atoms with Crippen LogP contribution in [0.1, 0.15) is 30.8 Å². The molecule has 4 nitrogen and oxygen atoms in total. The maximum atomic E-state index is 5.57. The third-order valence-corrected chi connectivity index (χ3v) is 2.75. The Morgan fingerprint density at radius 1 is 1.27 bits per heavy atom. The molecule has 1 aliphatic heterocycles. The maximum Gasteiger partial charge on any atom is 0.144 e. The number of nitrogens with zero attached hydrogens (tertiary/aromatic N) is 3. The molecule has 1 aromatic rings. The van der Waals surface area contributed by atoms with Crippen molar-refractivity contribution >= 4 is 5.82 Å². The average molecular weight is 206 g/mol. The first-order valence-corrected chi connectivity index (χ1v) is 5.59. The fourth-order valence-electron chi connectivity index (χ4n) is 1.99. The monoisotopic (exact) mass is 206 g/mol. The molecule has 0 aliphatic carbocycles. The molecule has 0 spiro atoms. The van der Waals surface area contributed by atoms with Crippen molar-refractivity contribution < 1.29 is 0 Å². The molecule has 0 bridgehead atoms. The first-order valence-electron chi connectivity index (χ1n) is 5.59. The quantitative estimate of drug-likeness (QED) is 0.791. The van der Waals surface area contributed by atoms with E-state index in [1.54, 1.807) is 0 Å². The van der Waals surface area contributed by atoms with Crippen molar-refractivity contribution in [1.29, 1.82) is 0 Å². The summed E-state index contributed by atoms with van der Waals surface area (Å²) in [5.41, 5.74) is 6.58. The standard InChI is InChI=1S/C11H18N4/c1-9-7-11(14-10(8-12)13-9)15-5-3-2-4-6-15/h7H,2-6,8,12H2,1H3. The van der Waals surface area contributed by atoms with Gasteiger partial charge in [-0.15, -0.1) is 0 Å². The van der Waals surface area contributed by atoms with Crippen molar-refractivity contribution in [3.63, 3.8) is 0 Å². The zero-order valence-corrected chi connectivity index (χ0v) is 9.24. The number of hydrogen-bond acceptors (Lipinski definition) is 4. The minimum atomic E-state index is 0.419. The minimum Gasteiger partial charge on any atom is -0.357 e. The van der Waals surface area contributed by atoms with E-state index in [1.165, 1.54) is 19.3 Å². The van der Waals surface area contributed by atoms with Crippen LogP contribution in [0.3, 0.4) is 0 Å². The molecule has 0 saturated carbocycles. The second kappa shape index (κ2) is 4.57.